The standard InChI is InChI=1S/C12H11NO.CH4/c1-2-4-11-9(3-1)5-8-12(13-11)14-10-6-7-10;/h1-5,8,10H,6-7H2;1H4. The molecule has 78 valence electrons. The molecular weight excluding hydrogens is 186 g/mol. The van der Waals surface area contributed by atoms with Crippen molar-refractivity contribution in [2.24, 2.45) is 0 Å². The highest BCUT2D eigenvalue weighted by Gasteiger charge is 2.23. The lowest BCUT2D eigenvalue weighted by molar-refractivity contribution is 0.292. The monoisotopic (exact) mass is 201 g/mol. The van der Waals surface area contributed by atoms with Crippen molar-refractivity contribution >= 4 is 10.9 Å². The molecule has 0 N–H and O–H groups in total. The number of pyridine rings is 1. The van der Waals surface area contributed by atoms with E-state index in [0.717, 1.165) is 16.8 Å². The maximum absolute atomic E-state index is 5.62. The van der Waals surface area contributed by atoms with Crippen molar-refractivity contribution in [2.45, 2.75) is 26.4 Å². The predicted molar refractivity (Wildman–Crippen MR) is 62.1 cm³/mol. The van der Waals surface area contributed by atoms with Gasteiger partial charge in [-0.1, -0.05) is 25.6 Å². The van der Waals surface area contributed by atoms with Crippen LogP contribution in [-0.4, -0.2) is 11.1 Å². The zero-order valence-corrected chi connectivity index (χ0v) is 7.81. The minimum Gasteiger partial charge on any atom is -0.474 e. The van der Waals surface area contributed by atoms with Gasteiger partial charge in [-0.2, -0.15) is 0 Å². The maximum atomic E-state index is 5.62. The number of rotatable bonds is 2. The molecule has 1 aliphatic carbocycles. The Morgan fingerprint density at radius 2 is 1.87 bits per heavy atom. The smallest absolute Gasteiger partial charge is 0.214 e. The van der Waals surface area contributed by atoms with Gasteiger partial charge in [0.1, 0.15) is 6.10 Å². The second kappa shape index (κ2) is 3.89. The summed E-state index contributed by atoms with van der Waals surface area (Å²) < 4.78 is 5.62. The Kier molecular flexibility index (Phi) is 2.58. The highest BCUT2D eigenvalue weighted by Crippen LogP contribution is 2.26. The van der Waals surface area contributed by atoms with Gasteiger partial charge in [-0.25, -0.2) is 4.98 Å². The lowest BCUT2D eigenvalue weighted by Gasteiger charge is -2.03. The number of benzene rings is 1. The zero-order chi connectivity index (χ0) is 9.38. The molecule has 0 amide bonds. The fraction of sp³-hybridized carbons (Fsp3) is 0.308. The molecule has 0 radical (unpaired) electrons. The summed E-state index contributed by atoms with van der Waals surface area (Å²) in [6.45, 7) is 0. The Morgan fingerprint density at radius 3 is 2.67 bits per heavy atom. The fourth-order valence-corrected chi connectivity index (χ4v) is 1.47. The van der Waals surface area contributed by atoms with E-state index in [2.05, 4.69) is 17.1 Å². The molecule has 2 nitrogen and oxygen atoms in total. The van der Waals surface area contributed by atoms with Crippen molar-refractivity contribution in [3.8, 4) is 5.88 Å². The molecule has 0 spiro atoms. The molecule has 15 heavy (non-hydrogen) atoms. The molecule has 1 aromatic carbocycles. The van der Waals surface area contributed by atoms with Crippen molar-refractivity contribution in [3.05, 3.63) is 36.4 Å². The average Bonchev–Trinajstić information content (AvgIpc) is 3.02. The van der Waals surface area contributed by atoms with Crippen LogP contribution in [0.15, 0.2) is 36.4 Å². The van der Waals surface area contributed by atoms with E-state index in [1.165, 1.54) is 12.8 Å². The van der Waals surface area contributed by atoms with E-state index >= 15 is 0 Å². The Labute approximate surface area is 89.9 Å². The summed E-state index contributed by atoms with van der Waals surface area (Å²) in [5.41, 5.74) is 1.01. The van der Waals surface area contributed by atoms with Crippen molar-refractivity contribution in [1.82, 2.24) is 4.98 Å². The summed E-state index contributed by atoms with van der Waals surface area (Å²) in [7, 11) is 0. The van der Waals surface area contributed by atoms with Gasteiger partial charge in [0.25, 0.3) is 0 Å². The van der Waals surface area contributed by atoms with E-state index in [1.807, 2.05) is 24.3 Å². The Hall–Kier alpha value is -1.57. The first-order valence-electron chi connectivity index (χ1n) is 4.94. The number of hydrogen-bond acceptors (Lipinski definition) is 2. The van der Waals surface area contributed by atoms with Crippen LogP contribution in [-0.2, 0) is 0 Å². The summed E-state index contributed by atoms with van der Waals surface area (Å²) in [5.74, 6) is 0.756. The van der Waals surface area contributed by atoms with Crippen LogP contribution in [0, 0.1) is 0 Å². The minimum atomic E-state index is 0. The molecule has 1 saturated carbocycles. The number of aromatic nitrogens is 1. The number of hydrogen-bond donors (Lipinski definition) is 0. The van der Waals surface area contributed by atoms with Gasteiger partial charge in [-0.15, -0.1) is 0 Å². The van der Waals surface area contributed by atoms with E-state index in [0.29, 0.717) is 6.10 Å². The summed E-state index contributed by atoms with van der Waals surface area (Å²) in [6, 6.07) is 12.1. The number of para-hydroxylation sites is 1. The number of nitrogens with zero attached hydrogens (tertiary/aromatic N) is 1. The van der Waals surface area contributed by atoms with Gasteiger partial charge in [0.05, 0.1) is 5.52 Å². The van der Waals surface area contributed by atoms with Crippen LogP contribution in [0.1, 0.15) is 20.3 Å². The second-order valence-corrected chi connectivity index (χ2v) is 3.66. The van der Waals surface area contributed by atoms with Crippen LogP contribution in [0.2, 0.25) is 0 Å². The van der Waals surface area contributed by atoms with Gasteiger partial charge in [0.15, 0.2) is 0 Å². The first-order chi connectivity index (χ1) is 6.92. The Balaban J connectivity index is 0.000000853. The SMILES string of the molecule is C.c1ccc2nc(OC3CC3)ccc2c1. The molecule has 3 rings (SSSR count). The van der Waals surface area contributed by atoms with Crippen LogP contribution < -0.4 is 4.74 Å². The highest BCUT2D eigenvalue weighted by atomic mass is 16.5. The topological polar surface area (TPSA) is 22.1 Å². The molecule has 0 atom stereocenters. The molecule has 2 aromatic rings. The summed E-state index contributed by atoms with van der Waals surface area (Å²) in [6.07, 6.45) is 2.77. The lowest BCUT2D eigenvalue weighted by atomic mass is 10.2. The Bertz CT molecular complexity index is 463. The normalized spacial score (nSPS) is 14.7. The first-order valence-corrected chi connectivity index (χ1v) is 4.94. The van der Waals surface area contributed by atoms with Crippen molar-refractivity contribution in [2.75, 3.05) is 0 Å². The molecule has 0 aliphatic heterocycles. The first kappa shape index (κ1) is 9.97. The van der Waals surface area contributed by atoms with Crippen molar-refractivity contribution < 1.29 is 4.74 Å². The third kappa shape index (κ3) is 2.09. The highest BCUT2D eigenvalue weighted by molar-refractivity contribution is 5.78. The van der Waals surface area contributed by atoms with Gasteiger partial charge in [0.2, 0.25) is 5.88 Å². The molecule has 1 aromatic heterocycles. The lowest BCUT2D eigenvalue weighted by Crippen LogP contribution is -1.97. The number of ether oxygens (including phenoxy) is 1. The number of fused-ring (bicyclic) bond motifs is 1. The average molecular weight is 201 g/mol. The second-order valence-electron chi connectivity index (χ2n) is 3.66. The molecule has 0 saturated heterocycles. The van der Waals surface area contributed by atoms with E-state index in [9.17, 15) is 0 Å². The summed E-state index contributed by atoms with van der Waals surface area (Å²) >= 11 is 0. The maximum Gasteiger partial charge on any atom is 0.214 e. The largest absolute Gasteiger partial charge is 0.474 e. The third-order valence-electron chi connectivity index (χ3n) is 2.38. The van der Waals surface area contributed by atoms with Crippen molar-refractivity contribution in [1.29, 1.82) is 0 Å². The van der Waals surface area contributed by atoms with Crippen LogP contribution in [0.5, 0.6) is 5.88 Å². The predicted octanol–water partition coefficient (Wildman–Crippen LogP) is 3.41. The van der Waals surface area contributed by atoms with Gasteiger partial charge < -0.3 is 4.74 Å². The van der Waals surface area contributed by atoms with Gasteiger partial charge in [-0.05, 0) is 25.0 Å². The quantitative estimate of drug-likeness (QED) is 0.742. The van der Waals surface area contributed by atoms with Crippen molar-refractivity contribution in [3.63, 3.8) is 0 Å². The van der Waals surface area contributed by atoms with E-state index in [1.54, 1.807) is 0 Å². The van der Waals surface area contributed by atoms with E-state index in [4.69, 9.17) is 4.74 Å². The fourth-order valence-electron chi connectivity index (χ4n) is 1.47. The molecule has 1 aliphatic rings. The summed E-state index contributed by atoms with van der Waals surface area (Å²) in [5, 5.41) is 1.16. The molecule has 0 bridgehead atoms. The van der Waals surface area contributed by atoms with Crippen LogP contribution in [0.3, 0.4) is 0 Å². The summed E-state index contributed by atoms with van der Waals surface area (Å²) in [4.78, 5) is 4.43. The Morgan fingerprint density at radius 1 is 1.07 bits per heavy atom. The molecule has 1 fully saturated rings. The van der Waals surface area contributed by atoms with Gasteiger partial charge in [0, 0.05) is 11.5 Å². The molecule has 0 unspecified atom stereocenters. The third-order valence-corrected chi connectivity index (χ3v) is 2.38. The van der Waals surface area contributed by atoms with Crippen LogP contribution in [0.25, 0.3) is 10.9 Å². The van der Waals surface area contributed by atoms with Gasteiger partial charge >= 0.3 is 0 Å². The van der Waals surface area contributed by atoms with E-state index in [-0.39, 0.29) is 7.43 Å². The minimum absolute atomic E-state index is 0. The van der Waals surface area contributed by atoms with Crippen LogP contribution in [0.4, 0.5) is 0 Å². The molecule has 2 heteroatoms. The van der Waals surface area contributed by atoms with Gasteiger partial charge in [-0.3, -0.25) is 0 Å². The zero-order valence-electron chi connectivity index (χ0n) is 7.81. The molecule has 1 heterocycles. The molecular formula is C13H15NO. The van der Waals surface area contributed by atoms with E-state index < -0.39 is 0 Å². The van der Waals surface area contributed by atoms with Crippen LogP contribution >= 0.6 is 0 Å².